The first-order valence-electron chi connectivity index (χ1n) is 13.8. The predicted octanol–water partition coefficient (Wildman–Crippen LogP) is 4.58. The molecule has 3 rings (SSSR count). The number of amides is 1. The summed E-state index contributed by atoms with van der Waals surface area (Å²) in [4.78, 5) is 29.8. The third kappa shape index (κ3) is 9.00. The number of carbonyl (C=O) groups excluding carboxylic acids is 2. The van der Waals surface area contributed by atoms with E-state index in [4.69, 9.17) is 14.2 Å². The molecule has 1 aromatic heterocycles. The lowest BCUT2D eigenvalue weighted by Crippen LogP contribution is -2.37. The van der Waals surface area contributed by atoms with E-state index in [1.54, 1.807) is 37.7 Å². The van der Waals surface area contributed by atoms with Crippen LogP contribution in [0.1, 0.15) is 50.0 Å². The molecule has 1 saturated heterocycles. The topological polar surface area (TPSA) is 104 Å². The number of rotatable bonds is 14. The van der Waals surface area contributed by atoms with E-state index in [1.165, 1.54) is 0 Å². The van der Waals surface area contributed by atoms with Crippen molar-refractivity contribution in [1.82, 2.24) is 10.2 Å². The lowest BCUT2D eigenvalue weighted by atomic mass is 10.1. The van der Waals surface area contributed by atoms with Gasteiger partial charge in [0.15, 0.2) is 11.5 Å². The van der Waals surface area contributed by atoms with Crippen LogP contribution in [-0.4, -0.2) is 76.4 Å². The summed E-state index contributed by atoms with van der Waals surface area (Å²) in [6.07, 6.45) is 3.46. The summed E-state index contributed by atoms with van der Waals surface area (Å²) in [7, 11) is 3.15. The van der Waals surface area contributed by atoms with Crippen molar-refractivity contribution in [2.75, 3.05) is 58.4 Å². The Morgan fingerprint density at radius 1 is 1.10 bits per heavy atom. The molecule has 1 fully saturated rings. The lowest BCUT2D eigenvalue weighted by Gasteiger charge is -2.32. The molecule has 1 aliphatic heterocycles. The average molecular weight is 569 g/mol. The summed E-state index contributed by atoms with van der Waals surface area (Å²) in [6.45, 7) is 9.02. The van der Waals surface area contributed by atoms with Gasteiger partial charge < -0.3 is 29.3 Å². The monoisotopic (exact) mass is 568 g/mol. The number of carbonyl (C=O) groups is 2. The number of nitrogens with zero attached hydrogens (tertiary/aromatic N) is 3. The molecule has 0 aliphatic carbocycles. The molecule has 1 aromatic carbocycles. The summed E-state index contributed by atoms with van der Waals surface area (Å²) in [5, 5.41) is 13.8. The molecule has 1 amide bonds. The number of hydrogen-bond acceptors (Lipinski definition) is 9. The molecule has 1 aliphatic rings. The number of nitriles is 1. The Labute approximate surface area is 241 Å². The van der Waals surface area contributed by atoms with Gasteiger partial charge in [0, 0.05) is 50.3 Å². The maximum Gasteiger partial charge on any atom is 0.306 e. The van der Waals surface area contributed by atoms with Crippen LogP contribution in [0.2, 0.25) is 0 Å². The SMILES string of the molecule is CCN(CC)CCNC(=O)CCC(=O)OC1CCN(c2ccc(C=C(C#N)c3ccc(OC)c(OC)c3)s2)CC1. The normalized spacial score (nSPS) is 14.1. The Morgan fingerprint density at radius 2 is 1.82 bits per heavy atom. The van der Waals surface area contributed by atoms with Gasteiger partial charge >= 0.3 is 5.97 Å². The second-order valence-electron chi connectivity index (χ2n) is 9.47. The van der Waals surface area contributed by atoms with E-state index in [0.717, 1.165) is 61.0 Å². The number of allylic oxidation sites excluding steroid dienone is 1. The number of hydrogen-bond donors (Lipinski definition) is 1. The fourth-order valence-corrected chi connectivity index (χ4v) is 5.55. The van der Waals surface area contributed by atoms with Crippen LogP contribution in [0, 0.1) is 11.3 Å². The summed E-state index contributed by atoms with van der Waals surface area (Å²) in [5.74, 6) is 0.751. The quantitative estimate of drug-likeness (QED) is 0.261. The molecule has 2 aromatic rings. The van der Waals surface area contributed by atoms with Crippen molar-refractivity contribution in [1.29, 1.82) is 5.26 Å². The van der Waals surface area contributed by atoms with Crippen LogP contribution in [0.15, 0.2) is 30.3 Å². The lowest BCUT2D eigenvalue weighted by molar-refractivity contribution is -0.151. The Balaban J connectivity index is 1.45. The van der Waals surface area contributed by atoms with Crippen molar-refractivity contribution in [3.05, 3.63) is 40.8 Å². The molecular formula is C30H40N4O5S. The van der Waals surface area contributed by atoms with Crippen LogP contribution in [0.25, 0.3) is 11.6 Å². The van der Waals surface area contributed by atoms with E-state index in [2.05, 4.69) is 41.1 Å². The zero-order valence-corrected chi connectivity index (χ0v) is 24.7. The highest BCUT2D eigenvalue weighted by Gasteiger charge is 2.23. The van der Waals surface area contributed by atoms with Gasteiger partial charge in [-0.25, -0.2) is 0 Å². The average Bonchev–Trinajstić information content (AvgIpc) is 3.45. The third-order valence-corrected chi connectivity index (χ3v) is 8.06. The molecule has 0 bridgehead atoms. The molecule has 0 unspecified atom stereocenters. The molecular weight excluding hydrogens is 528 g/mol. The molecule has 0 radical (unpaired) electrons. The molecule has 10 heteroatoms. The van der Waals surface area contributed by atoms with Gasteiger partial charge in [0.2, 0.25) is 5.91 Å². The first-order chi connectivity index (χ1) is 19.4. The van der Waals surface area contributed by atoms with Crippen molar-refractivity contribution < 1.29 is 23.8 Å². The minimum absolute atomic E-state index is 0.0965. The fourth-order valence-electron chi connectivity index (χ4n) is 4.55. The fraction of sp³-hybridized carbons (Fsp3) is 0.500. The molecule has 1 N–H and O–H groups in total. The van der Waals surface area contributed by atoms with Gasteiger partial charge in [0.1, 0.15) is 6.10 Å². The summed E-state index contributed by atoms with van der Waals surface area (Å²) in [5.41, 5.74) is 1.30. The van der Waals surface area contributed by atoms with E-state index in [1.807, 2.05) is 18.2 Å². The minimum atomic E-state index is -0.319. The Hall–Kier alpha value is -3.55. The molecule has 9 nitrogen and oxygen atoms in total. The molecule has 216 valence electrons. The van der Waals surface area contributed by atoms with Gasteiger partial charge in [-0.2, -0.15) is 5.26 Å². The number of likely N-dealkylation sites (N-methyl/N-ethyl adjacent to an activating group) is 1. The van der Waals surface area contributed by atoms with Gasteiger partial charge in [-0.3, -0.25) is 9.59 Å². The molecule has 0 spiro atoms. The van der Waals surface area contributed by atoms with Gasteiger partial charge in [0.05, 0.1) is 37.3 Å². The number of thiophene rings is 1. The molecule has 0 atom stereocenters. The highest BCUT2D eigenvalue weighted by Crippen LogP contribution is 2.34. The maximum atomic E-state index is 12.3. The van der Waals surface area contributed by atoms with Gasteiger partial charge in [0.25, 0.3) is 0 Å². The van der Waals surface area contributed by atoms with Crippen LogP contribution < -0.4 is 19.7 Å². The first-order valence-corrected chi connectivity index (χ1v) is 14.6. The number of nitrogens with one attached hydrogen (secondary N) is 1. The molecule has 40 heavy (non-hydrogen) atoms. The van der Waals surface area contributed by atoms with E-state index >= 15 is 0 Å². The number of methoxy groups -OCH3 is 2. The first kappa shape index (κ1) is 31.0. The number of piperidine rings is 1. The largest absolute Gasteiger partial charge is 0.493 e. The zero-order chi connectivity index (χ0) is 28.9. The van der Waals surface area contributed by atoms with Crippen molar-refractivity contribution in [2.24, 2.45) is 0 Å². The summed E-state index contributed by atoms with van der Waals surface area (Å²) < 4.78 is 16.3. The van der Waals surface area contributed by atoms with E-state index in [0.29, 0.717) is 23.6 Å². The highest BCUT2D eigenvalue weighted by molar-refractivity contribution is 7.17. The van der Waals surface area contributed by atoms with Crippen LogP contribution >= 0.6 is 11.3 Å². The van der Waals surface area contributed by atoms with Crippen LogP contribution in [-0.2, 0) is 14.3 Å². The van der Waals surface area contributed by atoms with Crippen LogP contribution in [0.5, 0.6) is 11.5 Å². The summed E-state index contributed by atoms with van der Waals surface area (Å²) in [6, 6.07) is 11.8. The third-order valence-electron chi connectivity index (χ3n) is 6.97. The highest BCUT2D eigenvalue weighted by atomic mass is 32.1. The van der Waals surface area contributed by atoms with E-state index in [-0.39, 0.29) is 30.8 Å². The van der Waals surface area contributed by atoms with Gasteiger partial charge in [-0.1, -0.05) is 13.8 Å². The van der Waals surface area contributed by atoms with Gasteiger partial charge in [-0.15, -0.1) is 11.3 Å². The van der Waals surface area contributed by atoms with Crippen molar-refractivity contribution in [3.63, 3.8) is 0 Å². The van der Waals surface area contributed by atoms with Crippen molar-refractivity contribution >= 4 is 39.9 Å². The Bertz CT molecular complexity index is 1190. The molecule has 2 heterocycles. The van der Waals surface area contributed by atoms with E-state index < -0.39 is 0 Å². The smallest absolute Gasteiger partial charge is 0.306 e. The van der Waals surface area contributed by atoms with Gasteiger partial charge in [-0.05, 0) is 55.1 Å². The Morgan fingerprint density at radius 3 is 2.48 bits per heavy atom. The predicted molar refractivity (Wildman–Crippen MR) is 159 cm³/mol. The number of ether oxygens (including phenoxy) is 3. The Kier molecular flexibility index (Phi) is 12.3. The number of anilines is 1. The second-order valence-corrected chi connectivity index (χ2v) is 10.6. The standard InChI is InChI=1S/C30H40N4O5S/c1-5-33(6-2)18-15-32-28(35)10-12-30(36)39-24-13-16-34(17-14-24)29-11-8-25(40-29)19-23(21-31)22-7-9-26(37-3)27(20-22)38-4/h7-9,11,19-20,24H,5-6,10,12-18H2,1-4H3,(H,32,35). The van der Waals surface area contributed by atoms with E-state index in [9.17, 15) is 14.9 Å². The zero-order valence-electron chi connectivity index (χ0n) is 23.9. The number of esters is 1. The number of benzene rings is 1. The molecule has 0 saturated carbocycles. The maximum absolute atomic E-state index is 12.3. The van der Waals surface area contributed by atoms with Crippen LogP contribution in [0.4, 0.5) is 5.00 Å². The van der Waals surface area contributed by atoms with Crippen molar-refractivity contribution in [3.8, 4) is 17.6 Å². The summed E-state index contributed by atoms with van der Waals surface area (Å²) >= 11 is 1.62. The minimum Gasteiger partial charge on any atom is -0.493 e. The van der Waals surface area contributed by atoms with Crippen molar-refractivity contribution in [2.45, 2.75) is 45.6 Å². The second kappa shape index (κ2) is 15.9. The van der Waals surface area contributed by atoms with Crippen LogP contribution in [0.3, 0.4) is 0 Å².